The molecule has 0 spiro atoms. The van der Waals surface area contributed by atoms with Gasteiger partial charge < -0.3 is 24.9 Å². The van der Waals surface area contributed by atoms with E-state index in [1.54, 1.807) is 0 Å². The van der Waals surface area contributed by atoms with Crippen molar-refractivity contribution in [2.24, 2.45) is 0 Å². The van der Waals surface area contributed by atoms with Crippen LogP contribution in [0.5, 0.6) is 0 Å². The average molecular weight is 206 g/mol. The van der Waals surface area contributed by atoms with Crippen molar-refractivity contribution in [3.63, 3.8) is 0 Å². The van der Waals surface area contributed by atoms with Gasteiger partial charge in [-0.2, -0.15) is 0 Å². The minimum absolute atomic E-state index is 0. The number of hydrogen-bond donors (Lipinski definition) is 1. The molecule has 0 aromatic carbocycles. The maximum atomic E-state index is 9.91. The number of hydrogen-bond acceptors (Lipinski definition) is 5. The molecule has 0 aliphatic carbocycles. The summed E-state index contributed by atoms with van der Waals surface area (Å²) in [5.41, 5.74) is -1.78. The average Bonchev–Trinajstić information content (AvgIpc) is 1.53. The first-order chi connectivity index (χ1) is 4.83. The predicted octanol–water partition coefficient (Wildman–Crippen LogP) is -8.97. The topological polar surface area (TPSA) is 100 Å². The first-order valence-electron chi connectivity index (χ1n) is 2.95. The summed E-state index contributed by atoms with van der Waals surface area (Å²) >= 11 is 0. The van der Waals surface area contributed by atoms with Crippen molar-refractivity contribution in [3.05, 3.63) is 0 Å². The summed E-state index contributed by atoms with van der Waals surface area (Å²) in [6.07, 6.45) is -1.41. The summed E-state index contributed by atoms with van der Waals surface area (Å²) in [6.45, 7) is 1.10. The summed E-state index contributed by atoms with van der Waals surface area (Å²) < 4.78 is 0. The quantitative estimate of drug-likeness (QED) is 0.460. The summed E-state index contributed by atoms with van der Waals surface area (Å²) in [4.78, 5) is 19.8. The summed E-state index contributed by atoms with van der Waals surface area (Å²) in [6, 6.07) is 0. The molecule has 5 nitrogen and oxygen atoms in total. The molecule has 0 aliphatic rings. The maximum Gasteiger partial charge on any atom is 1.00 e. The first-order valence-corrected chi connectivity index (χ1v) is 2.95. The van der Waals surface area contributed by atoms with Crippen molar-refractivity contribution in [1.82, 2.24) is 0 Å². The van der Waals surface area contributed by atoms with Gasteiger partial charge in [0.25, 0.3) is 0 Å². The molecule has 13 heavy (non-hydrogen) atoms. The molecule has 0 aliphatic heterocycles. The van der Waals surface area contributed by atoms with Gasteiger partial charge in [0.05, 0.1) is 5.60 Å². The van der Waals surface area contributed by atoms with Gasteiger partial charge in [-0.3, -0.25) is 0 Å². The third-order valence-electron chi connectivity index (χ3n) is 1.05. The number of carbonyl (C=O) groups is 2. The van der Waals surface area contributed by atoms with Crippen LogP contribution in [0.2, 0.25) is 0 Å². The molecule has 64 valence electrons. The zero-order valence-corrected chi connectivity index (χ0v) is 12.0. The molecule has 0 bridgehead atoms. The van der Waals surface area contributed by atoms with Crippen molar-refractivity contribution < 1.29 is 84.0 Å². The molecule has 0 rings (SSSR count). The van der Waals surface area contributed by atoms with E-state index >= 15 is 0 Å². The minimum Gasteiger partial charge on any atom is -0.550 e. The SMILES string of the molecule is CC(O)(CC(=O)[O-])CC(=O)[O-].[Na+].[Na+]. The Morgan fingerprint density at radius 2 is 1.38 bits per heavy atom. The number of carboxylic acid groups (broad SMARTS) is 2. The number of carbonyl (C=O) groups excluding carboxylic acids is 2. The number of rotatable bonds is 4. The molecule has 1 N–H and O–H groups in total. The van der Waals surface area contributed by atoms with E-state index in [4.69, 9.17) is 5.11 Å². The predicted molar refractivity (Wildman–Crippen MR) is 29.9 cm³/mol. The fraction of sp³-hybridized carbons (Fsp3) is 0.667. The maximum absolute atomic E-state index is 9.91. The molecule has 0 heterocycles. The van der Waals surface area contributed by atoms with Crippen molar-refractivity contribution in [2.45, 2.75) is 25.4 Å². The zero-order valence-electron chi connectivity index (χ0n) is 7.99. The molecule has 0 atom stereocenters. The fourth-order valence-corrected chi connectivity index (χ4v) is 0.684. The van der Waals surface area contributed by atoms with E-state index in [2.05, 4.69) is 0 Å². The van der Waals surface area contributed by atoms with Gasteiger partial charge in [-0.05, 0) is 6.92 Å². The standard InChI is InChI=1S/C6H10O5.2Na/c1-6(11,2-4(7)8)3-5(9)10;;/h11H,2-3H2,1H3,(H,7,8)(H,9,10);;/q;2*+1/p-2. The van der Waals surface area contributed by atoms with Crippen molar-refractivity contribution in [1.29, 1.82) is 0 Å². The van der Waals surface area contributed by atoms with E-state index in [-0.39, 0.29) is 59.1 Å². The molecular formula is C6H8Na2O5. The van der Waals surface area contributed by atoms with E-state index in [1.165, 1.54) is 0 Å². The Kier molecular flexibility index (Phi) is 12.3. The van der Waals surface area contributed by atoms with Gasteiger partial charge in [0.1, 0.15) is 0 Å². The Hall–Kier alpha value is 0.900. The Balaban J connectivity index is -0.000000500. The Morgan fingerprint density at radius 3 is 1.54 bits per heavy atom. The zero-order chi connectivity index (χ0) is 9.07. The molecule has 7 heteroatoms. The van der Waals surface area contributed by atoms with Gasteiger partial charge in [0.2, 0.25) is 0 Å². The minimum atomic E-state index is -1.78. The van der Waals surface area contributed by atoms with E-state index in [0.717, 1.165) is 6.92 Å². The smallest absolute Gasteiger partial charge is 0.550 e. The number of aliphatic carboxylic acids is 2. The van der Waals surface area contributed by atoms with Crippen LogP contribution in [0.25, 0.3) is 0 Å². The van der Waals surface area contributed by atoms with Crippen LogP contribution in [0.3, 0.4) is 0 Å². The molecule has 0 amide bonds. The van der Waals surface area contributed by atoms with E-state index < -0.39 is 30.4 Å². The fourth-order valence-electron chi connectivity index (χ4n) is 0.684. The van der Waals surface area contributed by atoms with Crippen LogP contribution in [-0.4, -0.2) is 22.6 Å². The van der Waals surface area contributed by atoms with Crippen LogP contribution < -0.4 is 69.3 Å². The first kappa shape index (κ1) is 19.5. The van der Waals surface area contributed by atoms with Gasteiger partial charge in [0, 0.05) is 24.8 Å². The van der Waals surface area contributed by atoms with Crippen LogP contribution in [0, 0.1) is 0 Å². The van der Waals surface area contributed by atoms with Crippen LogP contribution in [0.15, 0.2) is 0 Å². The van der Waals surface area contributed by atoms with Crippen LogP contribution >= 0.6 is 0 Å². The van der Waals surface area contributed by atoms with Gasteiger partial charge in [-0.1, -0.05) is 0 Å². The Labute approximate surface area is 120 Å². The third kappa shape index (κ3) is 12.9. The second-order valence-electron chi connectivity index (χ2n) is 2.59. The third-order valence-corrected chi connectivity index (χ3v) is 1.05. The molecule has 0 aromatic heterocycles. The second-order valence-corrected chi connectivity index (χ2v) is 2.59. The largest absolute Gasteiger partial charge is 1.00 e. The normalized spacial score (nSPS) is 9.38. The van der Waals surface area contributed by atoms with Crippen molar-refractivity contribution >= 4 is 11.9 Å². The van der Waals surface area contributed by atoms with Crippen LogP contribution in [0.1, 0.15) is 19.8 Å². The van der Waals surface area contributed by atoms with Gasteiger partial charge >= 0.3 is 59.1 Å². The molecule has 0 saturated heterocycles. The van der Waals surface area contributed by atoms with Crippen LogP contribution in [0.4, 0.5) is 0 Å². The van der Waals surface area contributed by atoms with E-state index in [0.29, 0.717) is 0 Å². The summed E-state index contributed by atoms with van der Waals surface area (Å²) in [7, 11) is 0. The summed E-state index contributed by atoms with van der Waals surface area (Å²) in [5, 5.41) is 28.8. The Morgan fingerprint density at radius 1 is 1.15 bits per heavy atom. The van der Waals surface area contributed by atoms with Crippen molar-refractivity contribution in [3.8, 4) is 0 Å². The number of carboxylic acids is 2. The Bertz CT molecular complexity index is 162. The van der Waals surface area contributed by atoms with Gasteiger partial charge in [-0.15, -0.1) is 0 Å². The van der Waals surface area contributed by atoms with E-state index in [9.17, 15) is 19.8 Å². The molecule has 0 radical (unpaired) electrons. The molecular weight excluding hydrogens is 198 g/mol. The summed E-state index contributed by atoms with van der Waals surface area (Å²) in [5.74, 6) is -2.98. The van der Waals surface area contributed by atoms with Gasteiger partial charge in [0.15, 0.2) is 0 Å². The number of aliphatic hydroxyl groups is 1. The van der Waals surface area contributed by atoms with Gasteiger partial charge in [-0.25, -0.2) is 0 Å². The van der Waals surface area contributed by atoms with E-state index in [1.807, 2.05) is 0 Å². The second kappa shape index (κ2) is 8.23. The van der Waals surface area contributed by atoms with Crippen molar-refractivity contribution in [2.75, 3.05) is 0 Å². The molecule has 0 aromatic rings. The molecule has 0 saturated carbocycles. The van der Waals surface area contributed by atoms with Crippen LogP contribution in [-0.2, 0) is 9.59 Å². The molecule has 0 unspecified atom stereocenters. The monoisotopic (exact) mass is 206 g/mol. The molecule has 0 fully saturated rings.